The molecule has 148 valence electrons. The molecule has 0 spiro atoms. The van der Waals surface area contributed by atoms with E-state index < -0.39 is 0 Å². The van der Waals surface area contributed by atoms with Crippen LogP contribution in [0.25, 0.3) is 0 Å². The Balaban J connectivity index is 1.42. The van der Waals surface area contributed by atoms with Gasteiger partial charge in [-0.3, -0.25) is 0 Å². The molecule has 6 aliphatic rings. The maximum atomic E-state index is 3.52. The number of nitrogens with one attached hydrogen (secondary N) is 1. The van der Waals surface area contributed by atoms with Crippen LogP contribution in [0.3, 0.4) is 0 Å². The zero-order chi connectivity index (χ0) is 18.5. The number of hydrogen-bond donors (Lipinski definition) is 1. The molecule has 3 aliphatic carbocycles. The summed E-state index contributed by atoms with van der Waals surface area (Å²) in [6.45, 7) is 0.984. The molecule has 1 saturated heterocycles. The largest absolute Gasteiger partial charge is 0.387 e. The average Bonchev–Trinajstić information content (AvgIpc) is 2.97. The highest BCUT2D eigenvalue weighted by Crippen LogP contribution is 2.55. The van der Waals surface area contributed by atoms with Gasteiger partial charge in [0.15, 0.2) is 0 Å². The van der Waals surface area contributed by atoms with Crippen LogP contribution >= 0.6 is 0 Å². The number of rotatable bonds is 2. The smallest absolute Gasteiger partial charge is 0.0588 e. The first-order valence-electron chi connectivity index (χ1n) is 11.9. The van der Waals surface area contributed by atoms with Crippen LogP contribution in [0.15, 0.2) is 58.6 Å². The van der Waals surface area contributed by atoms with Gasteiger partial charge in [-0.15, -0.1) is 0 Å². The minimum absolute atomic E-state index is 0.573. The summed E-state index contributed by atoms with van der Waals surface area (Å²) < 4.78 is 0. The van der Waals surface area contributed by atoms with Gasteiger partial charge in [-0.05, 0) is 67.6 Å². The van der Waals surface area contributed by atoms with Crippen LogP contribution in [0.5, 0.6) is 0 Å². The van der Waals surface area contributed by atoms with Crippen molar-refractivity contribution in [3.05, 3.63) is 58.6 Å². The molecule has 6 rings (SSSR count). The average molecular weight is 375 g/mol. The number of hydrogen-bond acceptors (Lipinski definition) is 2. The summed E-state index contributed by atoms with van der Waals surface area (Å²) in [7, 11) is 0. The lowest BCUT2D eigenvalue weighted by atomic mass is 9.72. The molecule has 2 heteroatoms. The van der Waals surface area contributed by atoms with Crippen molar-refractivity contribution in [3.8, 4) is 0 Å². The Morgan fingerprint density at radius 3 is 2.86 bits per heavy atom. The summed E-state index contributed by atoms with van der Waals surface area (Å²) in [6, 6.07) is 0.573. The normalized spacial score (nSPS) is 34.5. The monoisotopic (exact) mass is 374 g/mol. The predicted octanol–water partition coefficient (Wildman–Crippen LogP) is 5.97. The molecule has 0 aromatic rings. The molecule has 0 amide bonds. The number of nitrogens with zero attached hydrogens (tertiary/aromatic N) is 1. The molecular weight excluding hydrogens is 340 g/mol. The van der Waals surface area contributed by atoms with E-state index in [0.29, 0.717) is 12.0 Å². The van der Waals surface area contributed by atoms with E-state index in [4.69, 9.17) is 0 Å². The Hall–Kier alpha value is -1.70. The van der Waals surface area contributed by atoms with Crippen LogP contribution < -0.4 is 5.32 Å². The third-order valence-corrected chi connectivity index (χ3v) is 8.33. The van der Waals surface area contributed by atoms with E-state index in [1.165, 1.54) is 70.6 Å². The van der Waals surface area contributed by atoms with Crippen LogP contribution in [0.2, 0.25) is 0 Å². The molecule has 0 aromatic carbocycles. The van der Waals surface area contributed by atoms with E-state index in [1.54, 1.807) is 22.5 Å². The molecular formula is C26H34N2. The SMILES string of the molecule is C1=CC2=CCC3=C4C(CCC3CC3CCCCC3)C3=CNCC=C3N4C2CC1. The topological polar surface area (TPSA) is 15.3 Å². The van der Waals surface area contributed by atoms with Crippen molar-refractivity contribution in [3.63, 3.8) is 0 Å². The Kier molecular flexibility index (Phi) is 4.28. The maximum absolute atomic E-state index is 3.52. The van der Waals surface area contributed by atoms with Crippen LogP contribution in [-0.4, -0.2) is 17.5 Å². The Labute approximate surface area is 170 Å². The first-order valence-corrected chi connectivity index (χ1v) is 11.9. The van der Waals surface area contributed by atoms with Gasteiger partial charge in [0.25, 0.3) is 0 Å². The van der Waals surface area contributed by atoms with Crippen molar-refractivity contribution in [1.29, 1.82) is 0 Å². The fraction of sp³-hybridized carbons (Fsp3) is 0.615. The molecule has 0 bridgehead atoms. The first kappa shape index (κ1) is 17.2. The zero-order valence-electron chi connectivity index (χ0n) is 17.1. The summed E-state index contributed by atoms with van der Waals surface area (Å²) in [5.74, 6) is 2.46. The van der Waals surface area contributed by atoms with Crippen molar-refractivity contribution in [2.75, 3.05) is 6.54 Å². The maximum Gasteiger partial charge on any atom is 0.0588 e. The van der Waals surface area contributed by atoms with Crippen molar-refractivity contribution in [1.82, 2.24) is 10.2 Å². The molecule has 2 fully saturated rings. The molecule has 0 aromatic heterocycles. The third-order valence-electron chi connectivity index (χ3n) is 8.33. The molecule has 1 saturated carbocycles. The molecule has 3 heterocycles. The van der Waals surface area contributed by atoms with Crippen LogP contribution in [-0.2, 0) is 0 Å². The summed E-state index contributed by atoms with van der Waals surface area (Å²) in [5.41, 5.74) is 8.26. The summed E-state index contributed by atoms with van der Waals surface area (Å²) in [4.78, 5) is 2.82. The second-order valence-electron chi connectivity index (χ2n) is 9.85. The molecule has 3 atom stereocenters. The molecule has 3 unspecified atom stereocenters. The first-order chi connectivity index (χ1) is 13.9. The van der Waals surface area contributed by atoms with Gasteiger partial charge >= 0.3 is 0 Å². The van der Waals surface area contributed by atoms with Crippen LogP contribution in [0, 0.1) is 17.8 Å². The van der Waals surface area contributed by atoms with Gasteiger partial charge in [0.05, 0.1) is 6.04 Å². The van der Waals surface area contributed by atoms with Crippen molar-refractivity contribution >= 4 is 0 Å². The number of allylic oxidation sites excluding steroid dienone is 5. The Bertz CT molecular complexity index is 802. The van der Waals surface area contributed by atoms with E-state index >= 15 is 0 Å². The van der Waals surface area contributed by atoms with Gasteiger partial charge in [0.1, 0.15) is 0 Å². The zero-order valence-corrected chi connectivity index (χ0v) is 17.1. The Morgan fingerprint density at radius 2 is 1.93 bits per heavy atom. The second-order valence-corrected chi connectivity index (χ2v) is 9.85. The van der Waals surface area contributed by atoms with Gasteiger partial charge < -0.3 is 10.2 Å². The molecule has 1 N–H and O–H groups in total. The summed E-state index contributed by atoms with van der Waals surface area (Å²) in [6.07, 6.45) is 27.5. The highest BCUT2D eigenvalue weighted by atomic mass is 15.2. The van der Waals surface area contributed by atoms with E-state index in [9.17, 15) is 0 Å². The summed E-state index contributed by atoms with van der Waals surface area (Å²) >= 11 is 0. The fourth-order valence-electron chi connectivity index (χ4n) is 7.05. The van der Waals surface area contributed by atoms with E-state index in [0.717, 1.165) is 18.4 Å². The highest BCUT2D eigenvalue weighted by Gasteiger charge is 2.47. The van der Waals surface area contributed by atoms with Gasteiger partial charge in [-0.25, -0.2) is 0 Å². The predicted molar refractivity (Wildman–Crippen MR) is 115 cm³/mol. The molecule has 0 radical (unpaired) electrons. The standard InChI is InChI=1S/C26H34N2/c1-2-6-18(7-3-1)16-20-11-13-22-23-17-27-15-14-25(23)28-24-9-5-4-8-19(24)10-12-21(20)26(22)28/h4,8,10,14,17-18,20,22,24,27H,1-3,5-7,9,11-13,15-16H2. The van der Waals surface area contributed by atoms with Crippen LogP contribution in [0.4, 0.5) is 0 Å². The van der Waals surface area contributed by atoms with E-state index in [2.05, 4.69) is 40.7 Å². The van der Waals surface area contributed by atoms with Crippen molar-refractivity contribution in [2.45, 2.75) is 76.7 Å². The van der Waals surface area contributed by atoms with E-state index in [-0.39, 0.29) is 0 Å². The quantitative estimate of drug-likeness (QED) is 0.640. The van der Waals surface area contributed by atoms with Gasteiger partial charge in [0.2, 0.25) is 0 Å². The summed E-state index contributed by atoms with van der Waals surface area (Å²) in [5, 5.41) is 3.52. The molecule has 2 nitrogen and oxygen atoms in total. The van der Waals surface area contributed by atoms with Crippen LogP contribution in [0.1, 0.15) is 70.6 Å². The number of fused-ring (bicyclic) bond motifs is 5. The lowest BCUT2D eigenvalue weighted by molar-refractivity contribution is 0.267. The van der Waals surface area contributed by atoms with Crippen molar-refractivity contribution in [2.24, 2.45) is 17.8 Å². The molecule has 3 aliphatic heterocycles. The number of dihydropyridines is 1. The van der Waals surface area contributed by atoms with Gasteiger partial charge in [-0.2, -0.15) is 0 Å². The minimum atomic E-state index is 0.573. The molecule has 28 heavy (non-hydrogen) atoms. The van der Waals surface area contributed by atoms with E-state index in [1.807, 2.05) is 5.57 Å². The third kappa shape index (κ3) is 2.67. The second kappa shape index (κ2) is 6.97. The van der Waals surface area contributed by atoms with Gasteiger partial charge in [-0.1, -0.05) is 50.3 Å². The lowest BCUT2D eigenvalue weighted by Crippen LogP contribution is -2.35. The van der Waals surface area contributed by atoms with Crippen molar-refractivity contribution < 1.29 is 0 Å². The fourth-order valence-corrected chi connectivity index (χ4v) is 7.05. The lowest BCUT2D eigenvalue weighted by Gasteiger charge is -2.38. The minimum Gasteiger partial charge on any atom is -0.387 e. The Morgan fingerprint density at radius 1 is 1.00 bits per heavy atom. The highest BCUT2D eigenvalue weighted by molar-refractivity contribution is 5.54. The van der Waals surface area contributed by atoms with Gasteiger partial charge in [0, 0.05) is 35.6 Å².